The zero-order valence-electron chi connectivity index (χ0n) is 17.8. The minimum Gasteiger partial charge on any atom is -0.299 e. The zero-order chi connectivity index (χ0) is 21.8. The predicted molar refractivity (Wildman–Crippen MR) is 121 cm³/mol. The largest absolute Gasteiger partial charge is 0.299 e. The summed E-state index contributed by atoms with van der Waals surface area (Å²) in [5.41, 5.74) is 8.82. The maximum atomic E-state index is 12.6. The average Bonchev–Trinajstić information content (AvgIpc) is 2.72. The van der Waals surface area contributed by atoms with Crippen LogP contribution in [0.15, 0.2) is 54.6 Å². The number of nitrogens with one attached hydrogen (secondary N) is 3. The Hall–Kier alpha value is -2.38. The number of rotatable bonds is 6. The highest BCUT2D eigenvalue weighted by molar-refractivity contribution is 7.90. The topological polar surface area (TPSA) is 87.3 Å². The lowest BCUT2D eigenvalue weighted by Crippen LogP contribution is -2.47. The van der Waals surface area contributed by atoms with Crippen LogP contribution in [0.2, 0.25) is 0 Å². The van der Waals surface area contributed by atoms with Gasteiger partial charge >= 0.3 is 0 Å². The first-order valence-electron chi connectivity index (χ1n) is 10.4. The van der Waals surface area contributed by atoms with E-state index in [0.717, 1.165) is 16.8 Å². The Bertz CT molecular complexity index is 961. The lowest BCUT2D eigenvalue weighted by Gasteiger charge is -2.30. The standard InChI is InChI=1S/C23H31N3O3S/c1-23(2,3)30(28,29)26-20-14-12-18(13-15-20)22(27)25-24-21-11-7-10-19(16-21)17-8-5-4-6-9-17/h4-11,16,18,20,24,26H,12-15H2,1-3H3,(H,25,27). The van der Waals surface area contributed by atoms with E-state index in [-0.39, 0.29) is 17.9 Å². The van der Waals surface area contributed by atoms with Gasteiger partial charge < -0.3 is 0 Å². The van der Waals surface area contributed by atoms with E-state index in [9.17, 15) is 13.2 Å². The molecule has 162 valence electrons. The lowest BCUT2D eigenvalue weighted by molar-refractivity contribution is -0.125. The van der Waals surface area contributed by atoms with Crippen LogP contribution in [0.1, 0.15) is 46.5 Å². The van der Waals surface area contributed by atoms with E-state index in [2.05, 4.69) is 15.6 Å². The van der Waals surface area contributed by atoms with Crippen molar-refractivity contribution in [2.45, 2.75) is 57.2 Å². The number of carbonyl (C=O) groups excluding carboxylic acids is 1. The van der Waals surface area contributed by atoms with E-state index in [0.29, 0.717) is 25.7 Å². The van der Waals surface area contributed by atoms with Crippen LogP contribution in [-0.2, 0) is 14.8 Å². The van der Waals surface area contributed by atoms with Crippen molar-refractivity contribution < 1.29 is 13.2 Å². The molecular weight excluding hydrogens is 398 g/mol. The molecule has 1 aliphatic carbocycles. The normalized spacial score (nSPS) is 19.8. The van der Waals surface area contributed by atoms with E-state index < -0.39 is 14.8 Å². The van der Waals surface area contributed by atoms with Crippen LogP contribution in [0.25, 0.3) is 11.1 Å². The van der Waals surface area contributed by atoms with Crippen LogP contribution in [-0.4, -0.2) is 25.1 Å². The van der Waals surface area contributed by atoms with E-state index in [1.807, 2.05) is 54.6 Å². The van der Waals surface area contributed by atoms with Crippen molar-refractivity contribution in [3.8, 4) is 11.1 Å². The molecule has 0 radical (unpaired) electrons. The number of hydrogen-bond acceptors (Lipinski definition) is 4. The Morgan fingerprint density at radius 2 is 1.53 bits per heavy atom. The molecule has 0 aliphatic heterocycles. The molecule has 0 spiro atoms. The van der Waals surface area contributed by atoms with Gasteiger partial charge in [0.2, 0.25) is 15.9 Å². The van der Waals surface area contributed by atoms with E-state index in [1.165, 1.54) is 0 Å². The Kier molecular flexibility index (Phi) is 6.83. The fourth-order valence-corrected chi connectivity index (χ4v) is 4.54. The third-order valence-electron chi connectivity index (χ3n) is 5.53. The summed E-state index contributed by atoms with van der Waals surface area (Å²) in [6.07, 6.45) is 2.65. The fraction of sp³-hybridized carbons (Fsp3) is 0.435. The highest BCUT2D eigenvalue weighted by Crippen LogP contribution is 2.27. The Morgan fingerprint density at radius 3 is 2.17 bits per heavy atom. The van der Waals surface area contributed by atoms with Gasteiger partial charge in [0.25, 0.3) is 0 Å². The fourth-order valence-electron chi connectivity index (χ4n) is 3.51. The number of anilines is 1. The number of amides is 1. The van der Waals surface area contributed by atoms with Crippen LogP contribution < -0.4 is 15.6 Å². The van der Waals surface area contributed by atoms with Gasteiger partial charge in [0.15, 0.2) is 0 Å². The molecule has 3 rings (SSSR count). The van der Waals surface area contributed by atoms with Crippen LogP contribution in [0.5, 0.6) is 0 Å². The summed E-state index contributed by atoms with van der Waals surface area (Å²) in [6.45, 7) is 5.06. The second-order valence-electron chi connectivity index (χ2n) is 8.84. The Balaban J connectivity index is 1.50. The van der Waals surface area contributed by atoms with Gasteiger partial charge in [-0.3, -0.25) is 15.6 Å². The van der Waals surface area contributed by atoms with Crippen molar-refractivity contribution in [2.75, 3.05) is 5.43 Å². The molecule has 0 aromatic heterocycles. The number of sulfonamides is 1. The Morgan fingerprint density at radius 1 is 0.900 bits per heavy atom. The van der Waals surface area contributed by atoms with E-state index in [4.69, 9.17) is 0 Å². The van der Waals surface area contributed by atoms with Crippen molar-refractivity contribution in [1.29, 1.82) is 0 Å². The van der Waals surface area contributed by atoms with Gasteiger partial charge in [0, 0.05) is 12.0 Å². The first kappa shape index (κ1) is 22.3. The van der Waals surface area contributed by atoms with Gasteiger partial charge in [-0.25, -0.2) is 13.1 Å². The molecule has 7 heteroatoms. The van der Waals surface area contributed by atoms with Crippen LogP contribution in [0.3, 0.4) is 0 Å². The summed E-state index contributed by atoms with van der Waals surface area (Å²) in [5.74, 6) is -0.178. The third-order valence-corrected chi connectivity index (χ3v) is 7.78. The summed E-state index contributed by atoms with van der Waals surface area (Å²) in [7, 11) is -3.37. The van der Waals surface area contributed by atoms with Gasteiger partial charge in [0.1, 0.15) is 0 Å². The third kappa shape index (κ3) is 5.61. The first-order valence-corrected chi connectivity index (χ1v) is 11.9. The highest BCUT2D eigenvalue weighted by Gasteiger charge is 2.34. The maximum Gasteiger partial charge on any atom is 0.241 e. The van der Waals surface area contributed by atoms with Crippen molar-refractivity contribution in [1.82, 2.24) is 10.1 Å². The maximum absolute atomic E-state index is 12.6. The summed E-state index contributed by atoms with van der Waals surface area (Å²) in [5, 5.41) is 0. The molecule has 1 aliphatic rings. The van der Waals surface area contributed by atoms with E-state index in [1.54, 1.807) is 20.8 Å². The molecule has 3 N–H and O–H groups in total. The molecule has 0 saturated heterocycles. The number of hydrogen-bond donors (Lipinski definition) is 3. The second-order valence-corrected chi connectivity index (χ2v) is 11.3. The SMILES string of the molecule is CC(C)(C)S(=O)(=O)NC1CCC(C(=O)NNc2cccc(-c3ccccc3)c2)CC1. The molecule has 1 saturated carbocycles. The second kappa shape index (κ2) is 9.18. The van der Waals surface area contributed by atoms with Gasteiger partial charge in [-0.1, -0.05) is 42.5 Å². The quantitative estimate of drug-likeness (QED) is 0.604. The molecule has 2 aromatic carbocycles. The predicted octanol–water partition coefficient (Wildman–Crippen LogP) is 4.07. The summed E-state index contributed by atoms with van der Waals surface area (Å²) >= 11 is 0. The van der Waals surface area contributed by atoms with E-state index >= 15 is 0 Å². The Labute approximate surface area is 179 Å². The average molecular weight is 430 g/mol. The van der Waals surface area contributed by atoms with Crippen LogP contribution >= 0.6 is 0 Å². The molecule has 0 bridgehead atoms. The van der Waals surface area contributed by atoms with Crippen molar-refractivity contribution >= 4 is 21.6 Å². The summed E-state index contributed by atoms with van der Waals surface area (Å²) < 4.78 is 26.6. The number of hydrazine groups is 1. The monoisotopic (exact) mass is 429 g/mol. The molecule has 1 fully saturated rings. The van der Waals surface area contributed by atoms with Crippen LogP contribution in [0.4, 0.5) is 5.69 Å². The number of carbonyl (C=O) groups is 1. The molecule has 30 heavy (non-hydrogen) atoms. The molecular formula is C23H31N3O3S. The summed E-state index contributed by atoms with van der Waals surface area (Å²) in [4.78, 5) is 12.6. The van der Waals surface area contributed by atoms with Gasteiger partial charge in [0.05, 0.1) is 10.4 Å². The van der Waals surface area contributed by atoms with Crippen LogP contribution in [0, 0.1) is 5.92 Å². The van der Waals surface area contributed by atoms with Crippen molar-refractivity contribution in [2.24, 2.45) is 5.92 Å². The highest BCUT2D eigenvalue weighted by atomic mass is 32.2. The smallest absolute Gasteiger partial charge is 0.241 e. The first-order chi connectivity index (χ1) is 14.2. The zero-order valence-corrected chi connectivity index (χ0v) is 18.6. The van der Waals surface area contributed by atoms with Gasteiger partial charge in [-0.05, 0) is 69.7 Å². The van der Waals surface area contributed by atoms with Gasteiger partial charge in [-0.15, -0.1) is 0 Å². The van der Waals surface area contributed by atoms with Gasteiger partial charge in [-0.2, -0.15) is 0 Å². The molecule has 0 heterocycles. The number of benzene rings is 2. The minimum absolute atomic E-state index is 0.0581. The molecule has 0 atom stereocenters. The van der Waals surface area contributed by atoms with Crippen molar-refractivity contribution in [3.63, 3.8) is 0 Å². The van der Waals surface area contributed by atoms with Crippen molar-refractivity contribution in [3.05, 3.63) is 54.6 Å². The molecule has 0 unspecified atom stereocenters. The molecule has 6 nitrogen and oxygen atoms in total. The lowest BCUT2D eigenvalue weighted by atomic mass is 9.86. The molecule has 1 amide bonds. The minimum atomic E-state index is -3.37. The summed E-state index contributed by atoms with van der Waals surface area (Å²) in [6, 6.07) is 17.8. The molecule has 2 aromatic rings.